The summed E-state index contributed by atoms with van der Waals surface area (Å²) in [4.78, 5) is 11.0. The van der Waals surface area contributed by atoms with Crippen LogP contribution in [-0.2, 0) is 16.0 Å². The highest BCUT2D eigenvalue weighted by Gasteiger charge is 2.03. The highest BCUT2D eigenvalue weighted by molar-refractivity contribution is 5.71. The molecule has 0 aliphatic carbocycles. The van der Waals surface area contributed by atoms with Crippen LogP contribution in [0, 0.1) is 11.6 Å². The molecule has 1 N–H and O–H groups in total. The van der Waals surface area contributed by atoms with E-state index in [0.29, 0.717) is 25.1 Å². The normalized spacial score (nSPS) is 10.3. The number of hydrogen-bond donors (Lipinski definition) is 1. The first-order valence-corrected chi connectivity index (χ1v) is 5.43. The Morgan fingerprint density at radius 1 is 1.35 bits per heavy atom. The third-order valence-electron chi connectivity index (χ3n) is 2.15. The van der Waals surface area contributed by atoms with Crippen molar-refractivity contribution in [1.82, 2.24) is 5.32 Å². The van der Waals surface area contributed by atoms with Crippen LogP contribution in [-0.4, -0.2) is 25.7 Å². The second-order valence-corrected chi connectivity index (χ2v) is 3.48. The molecule has 0 aliphatic heterocycles. The highest BCUT2D eigenvalue weighted by atomic mass is 19.2. The fraction of sp³-hybridized carbons (Fsp3) is 0.417. The lowest BCUT2D eigenvalue weighted by atomic mass is 10.1. The Morgan fingerprint density at radius 2 is 2.12 bits per heavy atom. The molecule has 0 saturated heterocycles. The number of halogens is 2. The predicted octanol–water partition coefficient (Wildman–Crippen LogP) is 1.66. The summed E-state index contributed by atoms with van der Waals surface area (Å²) in [5.74, 6) is -2.03. The number of ether oxygens (including phenoxy) is 1. The van der Waals surface area contributed by atoms with Gasteiger partial charge in [-0.25, -0.2) is 8.78 Å². The number of nitrogens with one attached hydrogen (secondary N) is 1. The molecule has 17 heavy (non-hydrogen) atoms. The number of hydrogen-bond acceptors (Lipinski definition) is 3. The maximum absolute atomic E-state index is 12.8. The Hall–Kier alpha value is -1.49. The zero-order valence-corrected chi connectivity index (χ0v) is 9.63. The Balaban J connectivity index is 2.26. The molecule has 0 radical (unpaired) electrons. The van der Waals surface area contributed by atoms with E-state index in [-0.39, 0.29) is 12.5 Å². The third-order valence-corrected chi connectivity index (χ3v) is 2.15. The molecule has 1 rings (SSSR count). The highest BCUT2D eigenvalue weighted by Crippen LogP contribution is 2.08. The van der Waals surface area contributed by atoms with Gasteiger partial charge in [0, 0.05) is 0 Å². The van der Waals surface area contributed by atoms with Crippen molar-refractivity contribution in [2.75, 3.05) is 19.7 Å². The van der Waals surface area contributed by atoms with E-state index >= 15 is 0 Å². The zero-order valence-electron chi connectivity index (χ0n) is 9.63. The monoisotopic (exact) mass is 243 g/mol. The molecule has 0 unspecified atom stereocenters. The number of rotatable bonds is 6. The van der Waals surface area contributed by atoms with Crippen LogP contribution in [0.5, 0.6) is 0 Å². The Bertz CT molecular complexity index is 383. The van der Waals surface area contributed by atoms with Gasteiger partial charge in [-0.1, -0.05) is 6.07 Å². The van der Waals surface area contributed by atoms with Gasteiger partial charge in [0.1, 0.15) is 0 Å². The standard InChI is InChI=1S/C12H15F2NO2/c1-2-17-12(16)8-15-6-5-9-3-4-10(13)11(14)7-9/h3-4,7,15H,2,5-6,8H2,1H3. The molecule has 0 atom stereocenters. The molecular weight excluding hydrogens is 228 g/mol. The van der Waals surface area contributed by atoms with Crippen LogP contribution in [0.3, 0.4) is 0 Å². The number of carbonyl (C=O) groups is 1. The Kier molecular flexibility index (Phi) is 5.56. The second kappa shape index (κ2) is 6.96. The first kappa shape index (κ1) is 13.6. The molecule has 1 aromatic rings. The maximum atomic E-state index is 12.8. The van der Waals surface area contributed by atoms with Crippen LogP contribution >= 0.6 is 0 Å². The van der Waals surface area contributed by atoms with Gasteiger partial charge >= 0.3 is 5.97 Å². The molecule has 0 bridgehead atoms. The average molecular weight is 243 g/mol. The zero-order chi connectivity index (χ0) is 12.7. The minimum atomic E-state index is -0.854. The summed E-state index contributed by atoms with van der Waals surface area (Å²) < 4.78 is 30.2. The van der Waals surface area contributed by atoms with Gasteiger partial charge in [-0.15, -0.1) is 0 Å². The van der Waals surface area contributed by atoms with Crippen LogP contribution in [0.2, 0.25) is 0 Å². The van der Waals surface area contributed by atoms with E-state index in [2.05, 4.69) is 5.32 Å². The van der Waals surface area contributed by atoms with Gasteiger partial charge < -0.3 is 10.1 Å². The van der Waals surface area contributed by atoms with Gasteiger partial charge in [-0.05, 0) is 37.6 Å². The van der Waals surface area contributed by atoms with Crippen molar-refractivity contribution < 1.29 is 18.3 Å². The van der Waals surface area contributed by atoms with Crippen LogP contribution < -0.4 is 5.32 Å². The fourth-order valence-corrected chi connectivity index (χ4v) is 1.33. The van der Waals surface area contributed by atoms with Crippen LogP contribution in [0.15, 0.2) is 18.2 Å². The van der Waals surface area contributed by atoms with Gasteiger partial charge in [0.25, 0.3) is 0 Å². The molecule has 3 nitrogen and oxygen atoms in total. The molecule has 0 fully saturated rings. The van der Waals surface area contributed by atoms with Crippen LogP contribution in [0.1, 0.15) is 12.5 Å². The average Bonchev–Trinajstić information content (AvgIpc) is 2.29. The Morgan fingerprint density at radius 3 is 2.76 bits per heavy atom. The smallest absolute Gasteiger partial charge is 0.319 e. The van der Waals surface area contributed by atoms with Crippen LogP contribution in [0.4, 0.5) is 8.78 Å². The Labute approximate surface area is 98.8 Å². The van der Waals surface area contributed by atoms with Crippen molar-refractivity contribution in [3.05, 3.63) is 35.4 Å². The van der Waals surface area contributed by atoms with E-state index in [4.69, 9.17) is 4.74 Å². The SMILES string of the molecule is CCOC(=O)CNCCc1ccc(F)c(F)c1. The first-order chi connectivity index (χ1) is 8.13. The summed E-state index contributed by atoms with van der Waals surface area (Å²) in [5.41, 5.74) is 0.681. The van der Waals surface area contributed by atoms with E-state index in [0.717, 1.165) is 12.1 Å². The van der Waals surface area contributed by atoms with Gasteiger partial charge in [0.15, 0.2) is 11.6 Å². The van der Waals surface area contributed by atoms with Gasteiger partial charge in [0.2, 0.25) is 0 Å². The summed E-state index contributed by atoms with van der Waals surface area (Å²) in [5, 5.41) is 2.86. The van der Waals surface area contributed by atoms with Crippen LogP contribution in [0.25, 0.3) is 0 Å². The van der Waals surface area contributed by atoms with Gasteiger partial charge in [-0.2, -0.15) is 0 Å². The fourth-order valence-electron chi connectivity index (χ4n) is 1.33. The third kappa shape index (κ3) is 4.91. The van der Waals surface area contributed by atoms with E-state index in [1.807, 2.05) is 0 Å². The molecule has 0 aromatic heterocycles. The predicted molar refractivity (Wildman–Crippen MR) is 59.6 cm³/mol. The lowest BCUT2D eigenvalue weighted by molar-refractivity contribution is -0.141. The first-order valence-electron chi connectivity index (χ1n) is 5.43. The minimum absolute atomic E-state index is 0.123. The van der Waals surface area contributed by atoms with Crippen molar-refractivity contribution in [2.24, 2.45) is 0 Å². The minimum Gasteiger partial charge on any atom is -0.465 e. The van der Waals surface area contributed by atoms with Gasteiger partial charge in [-0.3, -0.25) is 4.79 Å². The van der Waals surface area contributed by atoms with E-state index in [1.54, 1.807) is 6.92 Å². The summed E-state index contributed by atoms with van der Waals surface area (Å²) >= 11 is 0. The largest absolute Gasteiger partial charge is 0.465 e. The molecule has 94 valence electrons. The summed E-state index contributed by atoms with van der Waals surface area (Å²) in [6.07, 6.45) is 0.524. The second-order valence-electron chi connectivity index (χ2n) is 3.48. The van der Waals surface area contributed by atoms with E-state index in [1.165, 1.54) is 6.07 Å². The lowest BCUT2D eigenvalue weighted by Crippen LogP contribution is -2.26. The number of carbonyl (C=O) groups excluding carboxylic acids is 1. The molecule has 5 heteroatoms. The summed E-state index contributed by atoms with van der Waals surface area (Å²) in [6.45, 7) is 2.71. The molecule has 0 amide bonds. The van der Waals surface area contributed by atoms with Crippen molar-refractivity contribution >= 4 is 5.97 Å². The van der Waals surface area contributed by atoms with E-state index < -0.39 is 11.6 Å². The van der Waals surface area contributed by atoms with Crippen molar-refractivity contribution in [2.45, 2.75) is 13.3 Å². The number of esters is 1. The van der Waals surface area contributed by atoms with Crippen molar-refractivity contribution in [3.63, 3.8) is 0 Å². The molecule has 0 spiro atoms. The molecule has 0 heterocycles. The molecular formula is C12H15F2NO2. The maximum Gasteiger partial charge on any atom is 0.319 e. The van der Waals surface area contributed by atoms with E-state index in [9.17, 15) is 13.6 Å². The summed E-state index contributed by atoms with van der Waals surface area (Å²) in [7, 11) is 0. The summed E-state index contributed by atoms with van der Waals surface area (Å²) in [6, 6.07) is 3.77. The van der Waals surface area contributed by atoms with Crippen molar-refractivity contribution in [1.29, 1.82) is 0 Å². The quantitative estimate of drug-likeness (QED) is 0.610. The molecule has 1 aromatic carbocycles. The van der Waals surface area contributed by atoms with Crippen molar-refractivity contribution in [3.8, 4) is 0 Å². The van der Waals surface area contributed by atoms with Gasteiger partial charge in [0.05, 0.1) is 13.2 Å². The topological polar surface area (TPSA) is 38.3 Å². The number of benzene rings is 1. The molecule has 0 aliphatic rings. The lowest BCUT2D eigenvalue weighted by Gasteiger charge is -2.05. The molecule has 0 saturated carbocycles.